The van der Waals surface area contributed by atoms with E-state index in [0.29, 0.717) is 5.56 Å². The molecule has 0 radical (unpaired) electrons. The number of rotatable bonds is 3. The molecule has 4 nitrogen and oxygen atoms in total. The van der Waals surface area contributed by atoms with E-state index in [1.807, 2.05) is 0 Å². The minimum atomic E-state index is -1.06. The summed E-state index contributed by atoms with van der Waals surface area (Å²) in [5, 5.41) is 18.1. The van der Waals surface area contributed by atoms with E-state index in [1.54, 1.807) is 30.6 Å². The van der Waals surface area contributed by atoms with E-state index in [0.717, 1.165) is 11.1 Å². The zero-order valence-corrected chi connectivity index (χ0v) is 13.1. The number of aliphatic hydroxyl groups excluding tert-OH is 1. The average molecular weight is 288 g/mol. The van der Waals surface area contributed by atoms with Crippen LogP contribution < -0.4 is 29.6 Å². The van der Waals surface area contributed by atoms with Crippen molar-refractivity contribution < 1.29 is 46.0 Å². The van der Waals surface area contributed by atoms with E-state index >= 15 is 0 Å². The Hall–Kier alpha value is -0.910. The van der Waals surface area contributed by atoms with E-state index in [1.165, 1.54) is 6.07 Å². The van der Waals surface area contributed by atoms with Gasteiger partial charge in [0, 0.05) is 18.0 Å². The van der Waals surface area contributed by atoms with Gasteiger partial charge in [-0.25, -0.2) is 4.79 Å². The van der Waals surface area contributed by atoms with Crippen LogP contribution >= 0.6 is 11.6 Å². The van der Waals surface area contributed by atoms with Crippen LogP contribution in [0.2, 0.25) is 5.02 Å². The molecule has 2 rings (SSSR count). The number of pyridine rings is 1. The first-order chi connectivity index (χ1) is 8.61. The van der Waals surface area contributed by atoms with Gasteiger partial charge in [0.05, 0.1) is 17.2 Å². The van der Waals surface area contributed by atoms with Gasteiger partial charge in [0.1, 0.15) is 0 Å². The van der Waals surface area contributed by atoms with Crippen LogP contribution in [0.15, 0.2) is 36.7 Å². The van der Waals surface area contributed by atoms with Crippen LogP contribution in [0, 0.1) is 0 Å². The van der Waals surface area contributed by atoms with Crippen molar-refractivity contribution in [3.8, 4) is 11.1 Å². The normalized spacial score (nSPS) is 9.79. The summed E-state index contributed by atoms with van der Waals surface area (Å²) in [7, 11) is 0. The fraction of sp³-hybridized carbons (Fsp3) is 0.0769. The quantitative estimate of drug-likeness (QED) is 0.761. The van der Waals surface area contributed by atoms with E-state index in [-0.39, 0.29) is 48.2 Å². The molecule has 0 amide bonds. The molecule has 0 saturated heterocycles. The molecule has 0 aliphatic heterocycles. The Balaban J connectivity index is 0.00000180. The van der Waals surface area contributed by atoms with Gasteiger partial charge in [-0.15, -0.1) is 0 Å². The first-order valence-electron chi connectivity index (χ1n) is 5.20. The molecule has 6 heteroatoms. The summed E-state index contributed by atoms with van der Waals surface area (Å²) in [6.07, 6.45) is 3.20. The number of aliphatic hydroxyl groups is 1. The Kier molecular flexibility index (Phi) is 5.97. The minimum absolute atomic E-state index is 0. The number of benzene rings is 1. The minimum Gasteiger partial charge on any atom is -1.00 e. The van der Waals surface area contributed by atoms with Gasteiger partial charge in [0.2, 0.25) is 0 Å². The molecule has 2 aromatic rings. The Morgan fingerprint density at radius 1 is 1.26 bits per heavy atom. The number of carboxylic acid groups (broad SMARTS) is 1. The fourth-order valence-corrected chi connectivity index (χ4v) is 1.86. The first-order valence-corrected chi connectivity index (χ1v) is 5.57. The average Bonchev–Trinajstić information content (AvgIpc) is 2.38. The summed E-state index contributed by atoms with van der Waals surface area (Å²) in [6.45, 7) is -0.0955. The second-order valence-corrected chi connectivity index (χ2v) is 4.15. The molecule has 0 aliphatic carbocycles. The molecule has 0 fully saturated rings. The van der Waals surface area contributed by atoms with Crippen LogP contribution in [0.3, 0.4) is 0 Å². The number of aromatic carboxylic acids is 1. The Morgan fingerprint density at radius 3 is 2.58 bits per heavy atom. The molecule has 0 unspecified atom stereocenters. The number of nitrogens with zero attached hydrogens (tertiary/aromatic N) is 1. The van der Waals surface area contributed by atoms with E-state index in [4.69, 9.17) is 21.8 Å². The predicted octanol–water partition coefficient (Wildman–Crippen LogP) is -0.291. The van der Waals surface area contributed by atoms with Crippen molar-refractivity contribution in [3.05, 3.63) is 52.8 Å². The number of carboxylic acids is 1. The van der Waals surface area contributed by atoms with Crippen molar-refractivity contribution in [1.82, 2.24) is 4.98 Å². The zero-order chi connectivity index (χ0) is 13.1. The van der Waals surface area contributed by atoms with Crippen molar-refractivity contribution in [2.75, 3.05) is 0 Å². The number of hydrogen-bond acceptors (Lipinski definition) is 3. The fourth-order valence-electron chi connectivity index (χ4n) is 1.60. The number of carbonyl (C=O) groups is 1. The van der Waals surface area contributed by atoms with Crippen molar-refractivity contribution in [3.63, 3.8) is 0 Å². The second-order valence-electron chi connectivity index (χ2n) is 3.74. The molecule has 0 bridgehead atoms. The maximum atomic E-state index is 10.8. The maximum Gasteiger partial charge on any atom is 1.00 e. The molecular weight excluding hydrogens is 277 g/mol. The summed E-state index contributed by atoms with van der Waals surface area (Å²) in [6, 6.07) is 6.46. The van der Waals surface area contributed by atoms with Crippen molar-refractivity contribution >= 4 is 17.6 Å². The van der Waals surface area contributed by atoms with E-state index in [9.17, 15) is 4.79 Å². The molecule has 94 valence electrons. The SMILES string of the molecule is O=C(O)c1ccc(-c2cncc(CO)c2)cc1Cl.[H-].[Na+]. The summed E-state index contributed by atoms with van der Waals surface area (Å²) in [4.78, 5) is 14.8. The van der Waals surface area contributed by atoms with Gasteiger partial charge in [0.15, 0.2) is 0 Å². The number of hydrogen-bond donors (Lipinski definition) is 2. The van der Waals surface area contributed by atoms with Crippen molar-refractivity contribution in [1.29, 1.82) is 0 Å². The van der Waals surface area contributed by atoms with Crippen LogP contribution in [0.25, 0.3) is 11.1 Å². The Morgan fingerprint density at radius 2 is 2.00 bits per heavy atom. The number of aromatic nitrogens is 1. The van der Waals surface area contributed by atoms with Gasteiger partial charge in [-0.1, -0.05) is 17.7 Å². The van der Waals surface area contributed by atoms with Gasteiger partial charge >= 0.3 is 35.5 Å². The maximum absolute atomic E-state index is 10.8. The van der Waals surface area contributed by atoms with Gasteiger partial charge in [-0.05, 0) is 29.3 Å². The second kappa shape index (κ2) is 7.03. The molecule has 0 spiro atoms. The predicted molar refractivity (Wildman–Crippen MR) is 68.7 cm³/mol. The Bertz CT molecular complexity index is 610. The zero-order valence-electron chi connectivity index (χ0n) is 11.3. The third kappa shape index (κ3) is 3.78. The molecule has 1 heterocycles. The third-order valence-electron chi connectivity index (χ3n) is 2.51. The standard InChI is InChI=1S/C13H10ClNO3.Na.H/c14-12-4-9(1-2-11(12)13(17)18)10-3-8(7-16)5-15-6-10;;/h1-6,16H,7H2,(H,17,18);;/q;+1;-1. The first kappa shape index (κ1) is 16.1. The molecule has 0 saturated carbocycles. The van der Waals surface area contributed by atoms with Crippen molar-refractivity contribution in [2.45, 2.75) is 6.61 Å². The largest absolute Gasteiger partial charge is 1.00 e. The van der Waals surface area contributed by atoms with Crippen LogP contribution in [-0.4, -0.2) is 21.2 Å². The van der Waals surface area contributed by atoms with Crippen LogP contribution in [-0.2, 0) is 6.61 Å². The molecule has 0 aliphatic rings. The van der Waals surface area contributed by atoms with Gasteiger partial charge < -0.3 is 11.6 Å². The van der Waals surface area contributed by atoms with Crippen LogP contribution in [0.5, 0.6) is 0 Å². The number of halogens is 1. The van der Waals surface area contributed by atoms with Crippen LogP contribution in [0.4, 0.5) is 0 Å². The topological polar surface area (TPSA) is 70.4 Å². The van der Waals surface area contributed by atoms with Crippen LogP contribution in [0.1, 0.15) is 17.3 Å². The van der Waals surface area contributed by atoms with E-state index < -0.39 is 5.97 Å². The summed E-state index contributed by atoms with van der Waals surface area (Å²) in [5.41, 5.74) is 2.28. The summed E-state index contributed by atoms with van der Waals surface area (Å²) in [5.74, 6) is -1.06. The third-order valence-corrected chi connectivity index (χ3v) is 2.82. The van der Waals surface area contributed by atoms with Gasteiger partial charge in [-0.2, -0.15) is 0 Å². The van der Waals surface area contributed by atoms with Crippen molar-refractivity contribution in [2.24, 2.45) is 0 Å². The van der Waals surface area contributed by atoms with Gasteiger partial charge in [-0.3, -0.25) is 4.98 Å². The van der Waals surface area contributed by atoms with E-state index in [2.05, 4.69) is 4.98 Å². The molecule has 1 aromatic carbocycles. The summed E-state index contributed by atoms with van der Waals surface area (Å²) >= 11 is 5.90. The smallest absolute Gasteiger partial charge is 1.00 e. The monoisotopic (exact) mass is 287 g/mol. The molecular formula is C13H11ClNNaO3. The van der Waals surface area contributed by atoms with Gasteiger partial charge in [0.25, 0.3) is 0 Å². The summed E-state index contributed by atoms with van der Waals surface area (Å²) < 4.78 is 0. The molecule has 19 heavy (non-hydrogen) atoms. The Labute approximate surface area is 138 Å². The molecule has 1 aromatic heterocycles. The molecule has 2 N–H and O–H groups in total. The molecule has 0 atom stereocenters.